The molecule has 1 aromatic carbocycles. The number of thioether (sulfide) groups is 1. The molecule has 0 aromatic heterocycles. The molecule has 1 nitrogen and oxygen atoms in total. The molecule has 17 heavy (non-hydrogen) atoms. The van der Waals surface area contributed by atoms with Crippen LogP contribution in [0.15, 0.2) is 12.1 Å². The maximum absolute atomic E-state index is 3.62. The lowest BCUT2D eigenvalue weighted by molar-refractivity contribution is 0.568. The van der Waals surface area contributed by atoms with Crippen LogP contribution in [-0.4, -0.2) is 18.6 Å². The van der Waals surface area contributed by atoms with Crippen LogP contribution in [0, 0.1) is 20.8 Å². The lowest BCUT2D eigenvalue weighted by Gasteiger charge is -2.19. The Balaban J connectivity index is 2.65. The highest BCUT2D eigenvalue weighted by atomic mass is 32.2. The van der Waals surface area contributed by atoms with Crippen LogP contribution in [0.2, 0.25) is 0 Å². The lowest BCUT2D eigenvalue weighted by Crippen LogP contribution is -2.22. The second-order valence-corrected chi connectivity index (χ2v) is 5.82. The Bertz CT molecular complexity index is 337. The normalized spacial score (nSPS) is 12.8. The molecule has 1 N–H and O–H groups in total. The standard InChI is InChI=1S/C15H25NS/c1-11-9-12(2)15(13(3)10-11)14(4)16-7-6-8-17-5/h9-10,14,16H,6-8H2,1-5H3. The third kappa shape index (κ3) is 4.36. The highest BCUT2D eigenvalue weighted by Crippen LogP contribution is 2.23. The summed E-state index contributed by atoms with van der Waals surface area (Å²) in [5.41, 5.74) is 5.65. The Labute approximate surface area is 110 Å². The summed E-state index contributed by atoms with van der Waals surface area (Å²) in [5, 5.41) is 3.62. The van der Waals surface area contributed by atoms with E-state index in [-0.39, 0.29) is 0 Å². The summed E-state index contributed by atoms with van der Waals surface area (Å²) < 4.78 is 0. The van der Waals surface area contributed by atoms with Crippen molar-refractivity contribution in [3.63, 3.8) is 0 Å². The molecule has 1 rings (SSSR count). The molecule has 0 heterocycles. The number of nitrogens with one attached hydrogen (secondary N) is 1. The molecule has 0 amide bonds. The van der Waals surface area contributed by atoms with Gasteiger partial charge in [-0.15, -0.1) is 0 Å². The molecule has 1 unspecified atom stereocenters. The summed E-state index contributed by atoms with van der Waals surface area (Å²) in [5.74, 6) is 1.24. The number of aryl methyl sites for hydroxylation is 3. The Hall–Kier alpha value is -0.470. The van der Waals surface area contributed by atoms with Gasteiger partial charge in [0.05, 0.1) is 0 Å². The average molecular weight is 251 g/mol. The van der Waals surface area contributed by atoms with Crippen LogP contribution >= 0.6 is 11.8 Å². The third-order valence-electron chi connectivity index (χ3n) is 3.15. The van der Waals surface area contributed by atoms with Gasteiger partial charge in [-0.3, -0.25) is 0 Å². The minimum absolute atomic E-state index is 0.456. The van der Waals surface area contributed by atoms with E-state index in [9.17, 15) is 0 Å². The molecule has 0 aliphatic heterocycles. The van der Waals surface area contributed by atoms with Crippen molar-refractivity contribution in [2.24, 2.45) is 0 Å². The predicted molar refractivity (Wildman–Crippen MR) is 80.1 cm³/mol. The molecule has 0 radical (unpaired) electrons. The van der Waals surface area contributed by atoms with Crippen LogP contribution in [-0.2, 0) is 0 Å². The summed E-state index contributed by atoms with van der Waals surface area (Å²) >= 11 is 1.92. The van der Waals surface area contributed by atoms with Gasteiger partial charge in [-0.1, -0.05) is 17.7 Å². The van der Waals surface area contributed by atoms with Gasteiger partial charge >= 0.3 is 0 Å². The molecule has 1 aromatic rings. The van der Waals surface area contributed by atoms with Crippen LogP contribution in [0.4, 0.5) is 0 Å². The number of benzene rings is 1. The number of hydrogen-bond donors (Lipinski definition) is 1. The summed E-state index contributed by atoms with van der Waals surface area (Å²) in [6, 6.07) is 5.02. The van der Waals surface area contributed by atoms with Gasteiger partial charge in [-0.05, 0) is 69.4 Å². The van der Waals surface area contributed by atoms with Crippen LogP contribution in [0.1, 0.15) is 41.6 Å². The topological polar surface area (TPSA) is 12.0 Å². The minimum Gasteiger partial charge on any atom is -0.310 e. The van der Waals surface area contributed by atoms with Gasteiger partial charge in [0.25, 0.3) is 0 Å². The van der Waals surface area contributed by atoms with Crippen molar-refractivity contribution in [3.8, 4) is 0 Å². The predicted octanol–water partition coefficient (Wildman–Crippen LogP) is 4.02. The first kappa shape index (κ1) is 14.6. The van der Waals surface area contributed by atoms with Gasteiger partial charge in [-0.2, -0.15) is 11.8 Å². The van der Waals surface area contributed by atoms with Gasteiger partial charge in [0.2, 0.25) is 0 Å². The molecule has 0 saturated carbocycles. The smallest absolute Gasteiger partial charge is 0.0297 e. The third-order valence-corrected chi connectivity index (χ3v) is 3.84. The van der Waals surface area contributed by atoms with E-state index in [1.165, 1.54) is 34.4 Å². The van der Waals surface area contributed by atoms with E-state index in [1.807, 2.05) is 11.8 Å². The monoisotopic (exact) mass is 251 g/mol. The molecule has 0 aliphatic rings. The van der Waals surface area contributed by atoms with Crippen LogP contribution < -0.4 is 5.32 Å². The molecular weight excluding hydrogens is 226 g/mol. The van der Waals surface area contributed by atoms with Gasteiger partial charge in [0.1, 0.15) is 0 Å². The SMILES string of the molecule is CSCCCNC(C)c1c(C)cc(C)cc1C. The van der Waals surface area contributed by atoms with Crippen molar-refractivity contribution in [3.05, 3.63) is 34.4 Å². The zero-order valence-electron chi connectivity index (χ0n) is 11.8. The second kappa shape index (κ2) is 7.07. The fourth-order valence-corrected chi connectivity index (χ4v) is 2.94. The van der Waals surface area contributed by atoms with Crippen LogP contribution in [0.5, 0.6) is 0 Å². The highest BCUT2D eigenvalue weighted by molar-refractivity contribution is 7.98. The van der Waals surface area contributed by atoms with E-state index in [2.05, 4.69) is 51.4 Å². The molecule has 0 fully saturated rings. The summed E-state index contributed by atoms with van der Waals surface area (Å²) in [6.07, 6.45) is 3.41. The van der Waals surface area contributed by atoms with Crippen molar-refractivity contribution in [1.82, 2.24) is 5.32 Å². The molecule has 96 valence electrons. The Kier molecular flexibility index (Phi) is 6.07. The second-order valence-electron chi connectivity index (χ2n) is 4.83. The zero-order chi connectivity index (χ0) is 12.8. The Morgan fingerprint density at radius 3 is 2.29 bits per heavy atom. The van der Waals surface area contributed by atoms with E-state index in [0.29, 0.717) is 6.04 Å². The van der Waals surface area contributed by atoms with Gasteiger partial charge < -0.3 is 5.32 Å². The number of hydrogen-bond acceptors (Lipinski definition) is 2. The molecular formula is C15H25NS. The number of rotatable bonds is 6. The Morgan fingerprint density at radius 1 is 1.18 bits per heavy atom. The van der Waals surface area contributed by atoms with Gasteiger partial charge in [-0.25, -0.2) is 0 Å². The van der Waals surface area contributed by atoms with Gasteiger partial charge in [0.15, 0.2) is 0 Å². The van der Waals surface area contributed by atoms with E-state index in [1.54, 1.807) is 0 Å². The average Bonchev–Trinajstić information content (AvgIpc) is 2.23. The maximum Gasteiger partial charge on any atom is 0.0297 e. The summed E-state index contributed by atoms with van der Waals surface area (Å²) in [7, 11) is 0. The van der Waals surface area contributed by atoms with Crippen molar-refractivity contribution in [2.75, 3.05) is 18.6 Å². The largest absolute Gasteiger partial charge is 0.310 e. The van der Waals surface area contributed by atoms with Crippen LogP contribution in [0.25, 0.3) is 0 Å². The van der Waals surface area contributed by atoms with E-state index >= 15 is 0 Å². The first-order valence-electron chi connectivity index (χ1n) is 6.36. The van der Waals surface area contributed by atoms with E-state index < -0.39 is 0 Å². The van der Waals surface area contributed by atoms with Gasteiger partial charge in [0, 0.05) is 6.04 Å². The first-order chi connectivity index (χ1) is 8.06. The molecule has 2 heteroatoms. The zero-order valence-corrected chi connectivity index (χ0v) is 12.6. The van der Waals surface area contributed by atoms with E-state index in [0.717, 1.165) is 6.54 Å². The van der Waals surface area contributed by atoms with E-state index in [4.69, 9.17) is 0 Å². The fraction of sp³-hybridized carbons (Fsp3) is 0.600. The first-order valence-corrected chi connectivity index (χ1v) is 7.75. The lowest BCUT2D eigenvalue weighted by atomic mass is 9.95. The molecule has 0 saturated heterocycles. The van der Waals surface area contributed by atoms with Crippen molar-refractivity contribution < 1.29 is 0 Å². The van der Waals surface area contributed by atoms with Crippen LogP contribution in [0.3, 0.4) is 0 Å². The molecule has 0 bridgehead atoms. The van der Waals surface area contributed by atoms with Crippen molar-refractivity contribution >= 4 is 11.8 Å². The van der Waals surface area contributed by atoms with Crippen molar-refractivity contribution in [2.45, 2.75) is 40.2 Å². The minimum atomic E-state index is 0.456. The Morgan fingerprint density at radius 2 is 1.76 bits per heavy atom. The molecule has 0 aliphatic carbocycles. The molecule has 1 atom stereocenters. The fourth-order valence-electron chi connectivity index (χ4n) is 2.51. The highest BCUT2D eigenvalue weighted by Gasteiger charge is 2.10. The summed E-state index contributed by atoms with van der Waals surface area (Å²) in [4.78, 5) is 0. The van der Waals surface area contributed by atoms with Crippen molar-refractivity contribution in [1.29, 1.82) is 0 Å². The quantitative estimate of drug-likeness (QED) is 0.767. The summed E-state index contributed by atoms with van der Waals surface area (Å²) in [6.45, 7) is 9.98. The molecule has 0 spiro atoms. The maximum atomic E-state index is 3.62.